The van der Waals surface area contributed by atoms with Gasteiger partial charge in [-0.2, -0.15) is 0 Å². The van der Waals surface area contributed by atoms with Crippen molar-refractivity contribution in [1.82, 2.24) is 10.2 Å². The Balaban J connectivity index is 1.87. The molecule has 2 heteroatoms. The first-order valence-electron chi connectivity index (χ1n) is 8.38. The van der Waals surface area contributed by atoms with Crippen LogP contribution in [0.2, 0.25) is 0 Å². The first-order valence-corrected chi connectivity index (χ1v) is 8.38. The van der Waals surface area contributed by atoms with Crippen LogP contribution >= 0.6 is 0 Å². The Morgan fingerprint density at radius 1 is 1.20 bits per heavy atom. The van der Waals surface area contributed by atoms with Crippen LogP contribution < -0.4 is 5.32 Å². The summed E-state index contributed by atoms with van der Waals surface area (Å²) in [5.41, 5.74) is 3.10. The van der Waals surface area contributed by atoms with E-state index in [2.05, 4.69) is 48.3 Å². The van der Waals surface area contributed by atoms with Gasteiger partial charge in [0.05, 0.1) is 0 Å². The second-order valence-corrected chi connectivity index (χ2v) is 6.42. The standard InChI is InChI=1S/C18H28N2/c1-3-19-18-16-10-5-4-9-15(16)11-12-17(18)20-13-7-6-8-14(20)2/h4-5,9-10,14,17-19H,3,6-8,11-13H2,1-2H3. The average molecular weight is 272 g/mol. The maximum Gasteiger partial charge on any atom is 0.0481 e. The van der Waals surface area contributed by atoms with Crippen molar-refractivity contribution >= 4 is 0 Å². The van der Waals surface area contributed by atoms with Crippen molar-refractivity contribution in [3.05, 3.63) is 35.4 Å². The lowest BCUT2D eigenvalue weighted by Gasteiger charge is -2.46. The van der Waals surface area contributed by atoms with Gasteiger partial charge < -0.3 is 5.32 Å². The van der Waals surface area contributed by atoms with Crippen LogP contribution in [0.25, 0.3) is 0 Å². The van der Waals surface area contributed by atoms with E-state index in [1.54, 1.807) is 11.1 Å². The number of nitrogens with zero attached hydrogens (tertiary/aromatic N) is 1. The number of likely N-dealkylation sites (N-methyl/N-ethyl adjacent to an activating group) is 1. The molecule has 1 aliphatic carbocycles. The molecular weight excluding hydrogens is 244 g/mol. The smallest absolute Gasteiger partial charge is 0.0481 e. The Labute approximate surface area is 123 Å². The molecule has 1 aromatic rings. The second-order valence-electron chi connectivity index (χ2n) is 6.42. The van der Waals surface area contributed by atoms with Gasteiger partial charge in [-0.05, 0) is 56.8 Å². The number of likely N-dealkylation sites (tertiary alicyclic amines) is 1. The van der Waals surface area contributed by atoms with E-state index >= 15 is 0 Å². The molecule has 3 unspecified atom stereocenters. The van der Waals surface area contributed by atoms with Gasteiger partial charge in [0.2, 0.25) is 0 Å². The van der Waals surface area contributed by atoms with Gasteiger partial charge in [-0.3, -0.25) is 4.90 Å². The molecule has 1 heterocycles. The third kappa shape index (κ3) is 2.64. The Morgan fingerprint density at radius 3 is 2.85 bits per heavy atom. The summed E-state index contributed by atoms with van der Waals surface area (Å²) in [5, 5.41) is 3.77. The quantitative estimate of drug-likeness (QED) is 0.905. The number of nitrogens with one attached hydrogen (secondary N) is 1. The van der Waals surface area contributed by atoms with Crippen LogP contribution in [0.3, 0.4) is 0 Å². The maximum absolute atomic E-state index is 3.77. The molecule has 110 valence electrons. The largest absolute Gasteiger partial charge is 0.309 e. The van der Waals surface area contributed by atoms with Crippen molar-refractivity contribution in [2.75, 3.05) is 13.1 Å². The molecule has 1 N–H and O–H groups in total. The Bertz CT molecular complexity index is 443. The Morgan fingerprint density at radius 2 is 2.05 bits per heavy atom. The van der Waals surface area contributed by atoms with Crippen LogP contribution in [0.4, 0.5) is 0 Å². The zero-order valence-corrected chi connectivity index (χ0v) is 12.9. The summed E-state index contributed by atoms with van der Waals surface area (Å²) in [4.78, 5) is 2.78. The minimum Gasteiger partial charge on any atom is -0.309 e. The van der Waals surface area contributed by atoms with E-state index in [1.165, 1.54) is 38.6 Å². The second kappa shape index (κ2) is 6.28. The van der Waals surface area contributed by atoms with Crippen molar-refractivity contribution in [1.29, 1.82) is 0 Å². The summed E-state index contributed by atoms with van der Waals surface area (Å²) in [6.07, 6.45) is 6.70. The van der Waals surface area contributed by atoms with Gasteiger partial charge in [0, 0.05) is 18.1 Å². The van der Waals surface area contributed by atoms with E-state index in [-0.39, 0.29) is 0 Å². The van der Waals surface area contributed by atoms with Crippen molar-refractivity contribution in [2.45, 2.75) is 64.1 Å². The molecule has 1 aromatic carbocycles. The minimum absolute atomic E-state index is 0.519. The molecule has 1 saturated heterocycles. The molecule has 0 bridgehead atoms. The summed E-state index contributed by atoms with van der Waals surface area (Å²) >= 11 is 0. The summed E-state index contributed by atoms with van der Waals surface area (Å²) in [7, 11) is 0. The molecule has 2 nitrogen and oxygen atoms in total. The topological polar surface area (TPSA) is 15.3 Å². The highest BCUT2D eigenvalue weighted by Crippen LogP contribution is 2.35. The number of hydrogen-bond acceptors (Lipinski definition) is 2. The highest BCUT2D eigenvalue weighted by molar-refractivity contribution is 5.34. The highest BCUT2D eigenvalue weighted by atomic mass is 15.2. The normalized spacial score (nSPS) is 31.0. The predicted molar refractivity (Wildman–Crippen MR) is 85.0 cm³/mol. The number of fused-ring (bicyclic) bond motifs is 1. The monoisotopic (exact) mass is 272 g/mol. The lowest BCUT2D eigenvalue weighted by molar-refractivity contribution is 0.0712. The van der Waals surface area contributed by atoms with Gasteiger partial charge in [0.15, 0.2) is 0 Å². The van der Waals surface area contributed by atoms with Crippen molar-refractivity contribution < 1.29 is 0 Å². The van der Waals surface area contributed by atoms with E-state index in [9.17, 15) is 0 Å². The molecule has 0 saturated carbocycles. The molecule has 0 spiro atoms. The zero-order chi connectivity index (χ0) is 13.9. The zero-order valence-electron chi connectivity index (χ0n) is 12.9. The molecule has 0 amide bonds. The van der Waals surface area contributed by atoms with Crippen LogP contribution in [0, 0.1) is 0 Å². The Kier molecular flexibility index (Phi) is 4.42. The Hall–Kier alpha value is -0.860. The van der Waals surface area contributed by atoms with Crippen LogP contribution in [0.5, 0.6) is 0 Å². The fourth-order valence-electron chi connectivity index (χ4n) is 4.18. The molecular formula is C18H28N2. The van der Waals surface area contributed by atoms with E-state index in [4.69, 9.17) is 0 Å². The average Bonchev–Trinajstić information content (AvgIpc) is 2.49. The van der Waals surface area contributed by atoms with Crippen LogP contribution in [0.15, 0.2) is 24.3 Å². The van der Waals surface area contributed by atoms with E-state index < -0.39 is 0 Å². The lowest BCUT2D eigenvalue weighted by atomic mass is 9.82. The first-order chi connectivity index (χ1) is 9.81. The van der Waals surface area contributed by atoms with Crippen molar-refractivity contribution in [3.63, 3.8) is 0 Å². The van der Waals surface area contributed by atoms with Crippen molar-refractivity contribution in [3.8, 4) is 0 Å². The van der Waals surface area contributed by atoms with Gasteiger partial charge in [0.25, 0.3) is 0 Å². The highest BCUT2D eigenvalue weighted by Gasteiger charge is 2.35. The minimum atomic E-state index is 0.519. The van der Waals surface area contributed by atoms with Gasteiger partial charge >= 0.3 is 0 Å². The molecule has 1 aliphatic heterocycles. The van der Waals surface area contributed by atoms with Crippen LogP contribution in [0.1, 0.15) is 56.7 Å². The molecule has 2 aliphatic rings. The van der Waals surface area contributed by atoms with Crippen molar-refractivity contribution in [2.24, 2.45) is 0 Å². The maximum atomic E-state index is 3.77. The van der Waals surface area contributed by atoms with Gasteiger partial charge in [0.1, 0.15) is 0 Å². The van der Waals surface area contributed by atoms with E-state index in [1.807, 2.05) is 0 Å². The molecule has 0 aromatic heterocycles. The predicted octanol–water partition coefficient (Wildman–Crippen LogP) is 3.53. The number of benzene rings is 1. The molecule has 0 radical (unpaired) electrons. The first kappa shape index (κ1) is 14.1. The summed E-state index contributed by atoms with van der Waals surface area (Å²) in [5.74, 6) is 0. The molecule has 3 rings (SSSR count). The van der Waals surface area contributed by atoms with Crippen LogP contribution in [-0.4, -0.2) is 30.1 Å². The molecule has 1 fully saturated rings. The third-order valence-electron chi connectivity index (χ3n) is 5.19. The summed E-state index contributed by atoms with van der Waals surface area (Å²) < 4.78 is 0. The van der Waals surface area contributed by atoms with Gasteiger partial charge in [-0.25, -0.2) is 0 Å². The van der Waals surface area contributed by atoms with E-state index in [0.29, 0.717) is 12.1 Å². The molecule has 20 heavy (non-hydrogen) atoms. The number of aryl methyl sites for hydroxylation is 1. The van der Waals surface area contributed by atoms with E-state index in [0.717, 1.165) is 12.6 Å². The fourth-order valence-corrected chi connectivity index (χ4v) is 4.18. The third-order valence-corrected chi connectivity index (χ3v) is 5.19. The fraction of sp³-hybridized carbons (Fsp3) is 0.667. The molecule has 3 atom stereocenters. The van der Waals surface area contributed by atoms with Crippen LogP contribution in [-0.2, 0) is 6.42 Å². The number of hydrogen-bond donors (Lipinski definition) is 1. The number of rotatable bonds is 3. The summed E-state index contributed by atoms with van der Waals surface area (Å²) in [6.45, 7) is 6.99. The SMILES string of the molecule is CCNC1c2ccccc2CCC1N1CCCCC1C. The van der Waals surface area contributed by atoms with Gasteiger partial charge in [-0.1, -0.05) is 37.6 Å². The van der Waals surface area contributed by atoms with Gasteiger partial charge in [-0.15, -0.1) is 0 Å². The number of piperidine rings is 1. The summed E-state index contributed by atoms with van der Waals surface area (Å²) in [6, 6.07) is 11.0. The lowest BCUT2D eigenvalue weighted by Crippen LogP contribution is -2.52.